The summed E-state index contributed by atoms with van der Waals surface area (Å²) in [5.74, 6) is 0. The zero-order valence-corrected chi connectivity index (χ0v) is 14.5. The summed E-state index contributed by atoms with van der Waals surface area (Å²) in [7, 11) is 0. The highest BCUT2D eigenvalue weighted by atomic mass is 14.7. The van der Waals surface area contributed by atoms with Gasteiger partial charge in [0.15, 0.2) is 0 Å². The van der Waals surface area contributed by atoms with Crippen LogP contribution in [0, 0.1) is 0 Å². The topological polar surface area (TPSA) is 31.6 Å². The Morgan fingerprint density at radius 1 is 0.500 bits per heavy atom. The van der Waals surface area contributed by atoms with Gasteiger partial charge < -0.3 is 9.97 Å². The summed E-state index contributed by atoms with van der Waals surface area (Å²) in [5, 5.41) is 2.55. The molecule has 2 heteroatoms. The number of nitrogens with one attached hydrogen (secondary N) is 2. The van der Waals surface area contributed by atoms with E-state index in [-0.39, 0.29) is 0 Å². The molecule has 5 aromatic rings. The second-order valence-corrected chi connectivity index (χ2v) is 6.89. The fourth-order valence-electron chi connectivity index (χ4n) is 3.77. The van der Waals surface area contributed by atoms with Crippen LogP contribution in [0.1, 0.15) is 22.5 Å². The summed E-state index contributed by atoms with van der Waals surface area (Å²) in [6.07, 6.45) is 1.84. The molecule has 0 unspecified atom stereocenters. The van der Waals surface area contributed by atoms with Crippen LogP contribution in [-0.2, 0) is 12.8 Å². The molecule has 0 aliphatic carbocycles. The maximum absolute atomic E-state index is 3.55. The Kier molecular flexibility index (Phi) is 3.60. The number of aromatic nitrogens is 2. The quantitative estimate of drug-likeness (QED) is 0.414. The van der Waals surface area contributed by atoms with E-state index in [2.05, 4.69) is 94.9 Å². The molecule has 2 aromatic heterocycles. The van der Waals surface area contributed by atoms with Crippen molar-refractivity contribution in [1.29, 1.82) is 0 Å². The smallest absolute Gasteiger partial charge is 0.0456 e. The second kappa shape index (κ2) is 6.23. The summed E-state index contributed by atoms with van der Waals surface area (Å²) in [4.78, 5) is 7.10. The van der Waals surface area contributed by atoms with Crippen molar-refractivity contribution in [2.75, 3.05) is 0 Å². The van der Waals surface area contributed by atoms with E-state index < -0.39 is 0 Å². The fraction of sp³-hybridized carbons (Fsp3) is 0.0833. The number of fused-ring (bicyclic) bond motifs is 2. The predicted molar refractivity (Wildman–Crippen MR) is 109 cm³/mol. The highest BCUT2D eigenvalue weighted by molar-refractivity contribution is 5.81. The van der Waals surface area contributed by atoms with Gasteiger partial charge >= 0.3 is 0 Å². The van der Waals surface area contributed by atoms with Gasteiger partial charge in [0.25, 0.3) is 0 Å². The molecule has 0 fully saturated rings. The fourth-order valence-corrected chi connectivity index (χ4v) is 3.77. The normalized spacial score (nSPS) is 11.4. The molecule has 0 radical (unpaired) electrons. The molecule has 2 nitrogen and oxygen atoms in total. The minimum absolute atomic E-state index is 0.922. The van der Waals surface area contributed by atoms with E-state index in [0.717, 1.165) is 12.8 Å². The van der Waals surface area contributed by atoms with Crippen molar-refractivity contribution >= 4 is 21.8 Å². The predicted octanol–water partition coefficient (Wildman–Crippen LogP) is 5.83. The van der Waals surface area contributed by atoms with E-state index in [1.165, 1.54) is 44.3 Å². The molecule has 0 bridgehead atoms. The van der Waals surface area contributed by atoms with Gasteiger partial charge in [0.2, 0.25) is 0 Å². The number of hydrogen-bond donors (Lipinski definition) is 2. The Morgan fingerprint density at radius 3 is 1.38 bits per heavy atom. The number of para-hydroxylation sites is 2. The van der Waals surface area contributed by atoms with Gasteiger partial charge in [0.1, 0.15) is 0 Å². The van der Waals surface area contributed by atoms with E-state index in [0.29, 0.717) is 0 Å². The standard InChI is InChI=1S/C24H20N2/c1-2-8-18(14-22-16-20-10-4-6-12-24(20)26-22)17(7-1)13-21-15-19-9-3-5-11-23(19)25-21/h1-12,15-16,25-26H,13-14H2. The monoisotopic (exact) mass is 336 g/mol. The molecular weight excluding hydrogens is 316 g/mol. The number of hydrogen-bond acceptors (Lipinski definition) is 0. The lowest BCUT2D eigenvalue weighted by molar-refractivity contribution is 1.04. The van der Waals surface area contributed by atoms with E-state index in [1.54, 1.807) is 0 Å². The minimum Gasteiger partial charge on any atom is -0.358 e. The molecule has 0 aliphatic heterocycles. The first-order chi connectivity index (χ1) is 12.8. The molecule has 5 rings (SSSR count). The van der Waals surface area contributed by atoms with Crippen LogP contribution in [0.5, 0.6) is 0 Å². The van der Waals surface area contributed by atoms with Crippen molar-refractivity contribution in [3.63, 3.8) is 0 Å². The van der Waals surface area contributed by atoms with E-state index in [4.69, 9.17) is 0 Å². The van der Waals surface area contributed by atoms with Crippen LogP contribution in [0.2, 0.25) is 0 Å². The van der Waals surface area contributed by atoms with Gasteiger partial charge in [-0.2, -0.15) is 0 Å². The summed E-state index contributed by atoms with van der Waals surface area (Å²) >= 11 is 0. The van der Waals surface area contributed by atoms with Gasteiger partial charge in [-0.1, -0.05) is 60.7 Å². The van der Waals surface area contributed by atoms with E-state index in [9.17, 15) is 0 Å². The zero-order valence-electron chi connectivity index (χ0n) is 14.5. The van der Waals surface area contributed by atoms with Crippen molar-refractivity contribution in [1.82, 2.24) is 9.97 Å². The Bertz CT molecular complexity index is 1030. The number of benzene rings is 3. The third kappa shape index (κ3) is 2.80. The van der Waals surface area contributed by atoms with Crippen LogP contribution in [-0.4, -0.2) is 9.97 Å². The molecule has 0 saturated carbocycles. The Hall–Kier alpha value is -3.26. The van der Waals surface area contributed by atoms with Crippen LogP contribution in [0.15, 0.2) is 84.9 Å². The van der Waals surface area contributed by atoms with Crippen molar-refractivity contribution in [3.05, 3.63) is 107 Å². The van der Waals surface area contributed by atoms with Gasteiger partial charge in [-0.25, -0.2) is 0 Å². The van der Waals surface area contributed by atoms with Crippen molar-refractivity contribution in [2.24, 2.45) is 0 Å². The summed E-state index contributed by atoms with van der Waals surface area (Å²) in [6, 6.07) is 30.2. The minimum atomic E-state index is 0.922. The highest BCUT2D eigenvalue weighted by Crippen LogP contribution is 2.22. The lowest BCUT2D eigenvalue weighted by atomic mass is 9.99. The van der Waals surface area contributed by atoms with Crippen LogP contribution in [0.4, 0.5) is 0 Å². The van der Waals surface area contributed by atoms with E-state index >= 15 is 0 Å². The van der Waals surface area contributed by atoms with Crippen LogP contribution < -0.4 is 0 Å². The average molecular weight is 336 g/mol. The first-order valence-electron chi connectivity index (χ1n) is 9.05. The molecule has 126 valence electrons. The van der Waals surface area contributed by atoms with Gasteiger partial charge in [-0.15, -0.1) is 0 Å². The third-order valence-corrected chi connectivity index (χ3v) is 5.05. The molecule has 2 heterocycles. The number of H-pyrrole nitrogens is 2. The molecule has 3 aromatic carbocycles. The van der Waals surface area contributed by atoms with Gasteiger partial charge in [0.05, 0.1) is 0 Å². The Morgan fingerprint density at radius 2 is 0.923 bits per heavy atom. The lowest BCUT2D eigenvalue weighted by Crippen LogP contribution is -1.97. The zero-order chi connectivity index (χ0) is 17.3. The van der Waals surface area contributed by atoms with Gasteiger partial charge in [-0.05, 0) is 46.2 Å². The maximum atomic E-state index is 3.55. The molecule has 0 atom stereocenters. The van der Waals surface area contributed by atoms with Crippen molar-refractivity contribution in [3.8, 4) is 0 Å². The number of aromatic amines is 2. The van der Waals surface area contributed by atoms with Gasteiger partial charge in [0, 0.05) is 35.3 Å². The molecule has 0 aliphatic rings. The van der Waals surface area contributed by atoms with Crippen molar-refractivity contribution in [2.45, 2.75) is 12.8 Å². The molecule has 26 heavy (non-hydrogen) atoms. The molecular formula is C24H20N2. The second-order valence-electron chi connectivity index (χ2n) is 6.89. The molecule has 0 spiro atoms. The van der Waals surface area contributed by atoms with Crippen LogP contribution in [0.3, 0.4) is 0 Å². The van der Waals surface area contributed by atoms with Crippen LogP contribution >= 0.6 is 0 Å². The van der Waals surface area contributed by atoms with Crippen LogP contribution in [0.25, 0.3) is 21.8 Å². The molecule has 2 N–H and O–H groups in total. The first kappa shape index (κ1) is 15.0. The summed E-state index contributed by atoms with van der Waals surface area (Å²) in [5.41, 5.74) is 7.67. The third-order valence-electron chi connectivity index (χ3n) is 5.05. The highest BCUT2D eigenvalue weighted by Gasteiger charge is 2.08. The summed E-state index contributed by atoms with van der Waals surface area (Å²) in [6.45, 7) is 0. The van der Waals surface area contributed by atoms with Crippen molar-refractivity contribution < 1.29 is 0 Å². The first-order valence-corrected chi connectivity index (χ1v) is 9.05. The van der Waals surface area contributed by atoms with Gasteiger partial charge in [-0.3, -0.25) is 0 Å². The largest absolute Gasteiger partial charge is 0.358 e. The average Bonchev–Trinajstić information content (AvgIpc) is 3.26. The van der Waals surface area contributed by atoms with E-state index in [1.807, 2.05) is 0 Å². The maximum Gasteiger partial charge on any atom is 0.0456 e. The number of rotatable bonds is 4. The molecule has 0 amide bonds. The lowest BCUT2D eigenvalue weighted by Gasteiger charge is -2.08. The SMILES string of the molecule is c1ccc(Cc2cc3ccccc3[nH]2)c(Cc2cc3ccccc3[nH]2)c1. The Balaban J connectivity index is 1.46. The Labute approximate surface area is 152 Å². The summed E-state index contributed by atoms with van der Waals surface area (Å²) < 4.78 is 0. The molecule has 0 saturated heterocycles.